The molecule has 0 spiro atoms. The Bertz CT molecular complexity index is 537. The molecule has 2 amide bonds. The maximum atomic E-state index is 11.5. The Morgan fingerprint density at radius 3 is 2.42 bits per heavy atom. The molecule has 0 saturated heterocycles. The lowest BCUT2D eigenvalue weighted by Gasteiger charge is -2.31. The average molecular weight is 259 g/mol. The smallest absolute Gasteiger partial charge is 0.233 e. The van der Waals surface area contributed by atoms with Crippen molar-refractivity contribution >= 4 is 23.2 Å². The normalized spacial score (nSPS) is 20.7. The molecule has 1 saturated carbocycles. The molecule has 1 heterocycles. The van der Waals surface area contributed by atoms with Crippen LogP contribution in [-0.4, -0.2) is 11.8 Å². The van der Waals surface area contributed by atoms with Gasteiger partial charge in [-0.1, -0.05) is 12.5 Å². The van der Waals surface area contributed by atoms with Crippen LogP contribution >= 0.6 is 0 Å². The van der Waals surface area contributed by atoms with Gasteiger partial charge >= 0.3 is 0 Å². The number of hydrogen-bond donors (Lipinski definition) is 3. The highest BCUT2D eigenvalue weighted by atomic mass is 16.2. The van der Waals surface area contributed by atoms with Crippen molar-refractivity contribution in [2.45, 2.75) is 31.7 Å². The van der Waals surface area contributed by atoms with E-state index in [1.54, 1.807) is 0 Å². The second kappa shape index (κ2) is 4.66. The summed E-state index contributed by atoms with van der Waals surface area (Å²) in [7, 11) is 0. The molecule has 1 aliphatic heterocycles. The Kier molecular flexibility index (Phi) is 2.98. The molecule has 3 rings (SSSR count). The number of hydrogen-bond acceptors (Lipinski definition) is 3. The molecule has 1 unspecified atom stereocenters. The molecule has 0 aromatic heterocycles. The zero-order valence-electron chi connectivity index (χ0n) is 10.6. The van der Waals surface area contributed by atoms with Gasteiger partial charge in [-0.25, -0.2) is 0 Å². The number of fused-ring (bicyclic) bond motifs is 1. The maximum absolute atomic E-state index is 11.5. The van der Waals surface area contributed by atoms with Crippen molar-refractivity contribution in [1.29, 1.82) is 0 Å². The molecule has 19 heavy (non-hydrogen) atoms. The Labute approximate surface area is 111 Å². The van der Waals surface area contributed by atoms with Crippen LogP contribution in [0.25, 0.3) is 0 Å². The van der Waals surface area contributed by atoms with Crippen LogP contribution < -0.4 is 16.4 Å². The molecule has 2 aliphatic rings. The highest BCUT2D eigenvalue weighted by Gasteiger charge is 2.26. The zero-order chi connectivity index (χ0) is 13.4. The minimum absolute atomic E-state index is 0.00917. The number of nitrogens with two attached hydrogens (primary N) is 1. The van der Waals surface area contributed by atoms with Gasteiger partial charge in [0.25, 0.3) is 0 Å². The summed E-state index contributed by atoms with van der Waals surface area (Å²) >= 11 is 0. The van der Waals surface area contributed by atoms with Crippen LogP contribution in [0, 0.1) is 5.92 Å². The van der Waals surface area contributed by atoms with Crippen molar-refractivity contribution in [2.75, 3.05) is 10.6 Å². The first kappa shape index (κ1) is 12.2. The highest BCUT2D eigenvalue weighted by molar-refractivity contribution is 6.13. The maximum Gasteiger partial charge on any atom is 0.233 e. The summed E-state index contributed by atoms with van der Waals surface area (Å²) in [6.45, 7) is 0. The van der Waals surface area contributed by atoms with Crippen molar-refractivity contribution in [3.63, 3.8) is 0 Å². The SMILES string of the molecule is NC(c1ccc2c(c1)NC(=O)CC(=O)N2)C1CCC1. The lowest BCUT2D eigenvalue weighted by Crippen LogP contribution is -2.26. The summed E-state index contributed by atoms with van der Waals surface area (Å²) in [6, 6.07) is 5.63. The fraction of sp³-hybridized carbons (Fsp3) is 0.429. The number of anilines is 2. The molecule has 0 radical (unpaired) electrons. The van der Waals surface area contributed by atoms with Crippen LogP contribution in [0.15, 0.2) is 18.2 Å². The standard InChI is InChI=1S/C14H17N3O2/c15-14(8-2-1-3-8)9-4-5-10-11(6-9)17-13(19)7-12(18)16-10/h4-6,8,14H,1-3,7,15H2,(H,16,18)(H,17,19). The van der Waals surface area contributed by atoms with Crippen LogP contribution in [0.5, 0.6) is 0 Å². The zero-order valence-corrected chi connectivity index (χ0v) is 10.6. The number of benzene rings is 1. The Balaban J connectivity index is 1.89. The summed E-state index contributed by atoms with van der Waals surface area (Å²) in [4.78, 5) is 23.0. The number of rotatable bonds is 2. The summed E-state index contributed by atoms with van der Waals surface area (Å²) in [5.74, 6) is -0.0352. The number of amides is 2. The van der Waals surface area contributed by atoms with Crippen molar-refractivity contribution < 1.29 is 9.59 Å². The van der Waals surface area contributed by atoms with Gasteiger partial charge in [0.15, 0.2) is 0 Å². The molecule has 5 nitrogen and oxygen atoms in total. The van der Waals surface area contributed by atoms with E-state index in [2.05, 4.69) is 10.6 Å². The Morgan fingerprint density at radius 1 is 1.11 bits per heavy atom. The van der Waals surface area contributed by atoms with E-state index in [0.29, 0.717) is 17.3 Å². The fourth-order valence-electron chi connectivity index (χ4n) is 2.59. The topological polar surface area (TPSA) is 84.2 Å². The van der Waals surface area contributed by atoms with Crippen molar-refractivity contribution in [3.8, 4) is 0 Å². The molecule has 5 heteroatoms. The first-order valence-corrected chi connectivity index (χ1v) is 6.63. The molecule has 100 valence electrons. The second-order valence-corrected chi connectivity index (χ2v) is 5.29. The van der Waals surface area contributed by atoms with Gasteiger partial charge < -0.3 is 16.4 Å². The molecular weight excluding hydrogens is 242 g/mol. The molecule has 1 fully saturated rings. The first-order valence-electron chi connectivity index (χ1n) is 6.63. The van der Waals surface area contributed by atoms with Gasteiger partial charge in [-0.05, 0) is 36.5 Å². The molecular formula is C14H17N3O2. The molecule has 1 aromatic carbocycles. The summed E-state index contributed by atoms with van der Waals surface area (Å²) in [6.07, 6.45) is 3.44. The van der Waals surface area contributed by atoms with E-state index in [9.17, 15) is 9.59 Å². The van der Waals surface area contributed by atoms with Crippen LogP contribution in [0.4, 0.5) is 11.4 Å². The van der Waals surface area contributed by atoms with Crippen LogP contribution in [0.3, 0.4) is 0 Å². The summed E-state index contributed by atoms with van der Waals surface area (Å²) in [5, 5.41) is 5.46. The molecule has 4 N–H and O–H groups in total. The first-order chi connectivity index (χ1) is 9.13. The predicted octanol–water partition coefficient (Wildman–Crippen LogP) is 1.77. The summed E-state index contributed by atoms with van der Waals surface area (Å²) < 4.78 is 0. The number of carbonyl (C=O) groups excluding carboxylic acids is 2. The second-order valence-electron chi connectivity index (χ2n) is 5.29. The predicted molar refractivity (Wildman–Crippen MR) is 72.6 cm³/mol. The largest absolute Gasteiger partial charge is 0.324 e. The Hall–Kier alpha value is -1.88. The minimum Gasteiger partial charge on any atom is -0.324 e. The Morgan fingerprint density at radius 2 is 1.79 bits per heavy atom. The molecule has 0 bridgehead atoms. The third-order valence-corrected chi connectivity index (χ3v) is 3.96. The quantitative estimate of drug-likeness (QED) is 0.708. The number of nitrogens with one attached hydrogen (secondary N) is 2. The van der Waals surface area contributed by atoms with Gasteiger partial charge in [0.05, 0.1) is 11.4 Å². The van der Waals surface area contributed by atoms with Crippen molar-refractivity contribution in [1.82, 2.24) is 0 Å². The van der Waals surface area contributed by atoms with E-state index in [0.717, 1.165) is 5.56 Å². The molecule has 1 aliphatic carbocycles. The van der Waals surface area contributed by atoms with Crippen LogP contribution in [0.2, 0.25) is 0 Å². The van der Waals surface area contributed by atoms with Crippen LogP contribution in [-0.2, 0) is 9.59 Å². The van der Waals surface area contributed by atoms with E-state index in [1.165, 1.54) is 19.3 Å². The van der Waals surface area contributed by atoms with E-state index in [4.69, 9.17) is 5.73 Å². The van der Waals surface area contributed by atoms with Gasteiger partial charge in [0, 0.05) is 6.04 Å². The van der Waals surface area contributed by atoms with Gasteiger partial charge in [0.2, 0.25) is 11.8 Å². The van der Waals surface area contributed by atoms with Gasteiger partial charge in [0.1, 0.15) is 6.42 Å². The van der Waals surface area contributed by atoms with Gasteiger partial charge in [-0.3, -0.25) is 9.59 Å². The molecule has 1 atom stereocenters. The van der Waals surface area contributed by atoms with E-state index < -0.39 is 0 Å². The lowest BCUT2D eigenvalue weighted by molar-refractivity contribution is -0.123. The number of carbonyl (C=O) groups is 2. The lowest BCUT2D eigenvalue weighted by atomic mass is 9.77. The van der Waals surface area contributed by atoms with E-state index in [1.807, 2.05) is 18.2 Å². The molecule has 1 aromatic rings. The van der Waals surface area contributed by atoms with E-state index in [-0.39, 0.29) is 24.3 Å². The fourth-order valence-corrected chi connectivity index (χ4v) is 2.59. The minimum atomic E-state index is -0.286. The monoisotopic (exact) mass is 259 g/mol. The van der Waals surface area contributed by atoms with Gasteiger partial charge in [-0.2, -0.15) is 0 Å². The van der Waals surface area contributed by atoms with Crippen molar-refractivity contribution in [2.24, 2.45) is 11.7 Å². The van der Waals surface area contributed by atoms with Crippen LogP contribution in [0.1, 0.15) is 37.3 Å². The van der Waals surface area contributed by atoms with Crippen molar-refractivity contribution in [3.05, 3.63) is 23.8 Å². The summed E-state index contributed by atoms with van der Waals surface area (Å²) in [5.41, 5.74) is 8.53. The third-order valence-electron chi connectivity index (χ3n) is 3.96. The van der Waals surface area contributed by atoms with E-state index >= 15 is 0 Å². The highest BCUT2D eigenvalue weighted by Crippen LogP contribution is 2.38. The van der Waals surface area contributed by atoms with Gasteiger partial charge in [-0.15, -0.1) is 0 Å². The average Bonchev–Trinajstić information content (AvgIpc) is 2.42. The third kappa shape index (κ3) is 2.33.